The van der Waals surface area contributed by atoms with Crippen LogP contribution >= 0.6 is 0 Å². The van der Waals surface area contributed by atoms with Crippen molar-refractivity contribution in [1.82, 2.24) is 9.38 Å². The summed E-state index contributed by atoms with van der Waals surface area (Å²) < 4.78 is 2.01. The van der Waals surface area contributed by atoms with Gasteiger partial charge in [0.05, 0.1) is 5.52 Å². The summed E-state index contributed by atoms with van der Waals surface area (Å²) in [5, 5.41) is 8.77. The SMILES string of the molecule is Cc1ccn2c(c1)nc(=N)c1ccccc12. The number of hydrogen-bond acceptors (Lipinski definition) is 2. The molecule has 0 saturated carbocycles. The van der Waals surface area contributed by atoms with Gasteiger partial charge >= 0.3 is 0 Å². The minimum Gasteiger partial charge on any atom is -0.301 e. The highest BCUT2D eigenvalue weighted by atomic mass is 15.0. The van der Waals surface area contributed by atoms with E-state index in [-0.39, 0.29) is 0 Å². The fraction of sp³-hybridized carbons (Fsp3) is 0.0769. The van der Waals surface area contributed by atoms with E-state index < -0.39 is 0 Å². The highest BCUT2D eigenvalue weighted by Gasteiger charge is 2.01. The fourth-order valence-corrected chi connectivity index (χ4v) is 1.94. The minimum absolute atomic E-state index is 0.334. The molecule has 1 aromatic carbocycles. The molecule has 1 N–H and O–H groups in total. The Hall–Kier alpha value is -2.16. The maximum absolute atomic E-state index is 7.89. The Balaban J connectivity index is 2.64. The molecule has 3 heteroatoms. The maximum Gasteiger partial charge on any atom is 0.156 e. The van der Waals surface area contributed by atoms with Crippen molar-refractivity contribution in [1.29, 1.82) is 5.41 Å². The summed E-state index contributed by atoms with van der Waals surface area (Å²) in [5.41, 5.74) is 3.34. The molecule has 3 aromatic rings. The average molecular weight is 209 g/mol. The summed E-state index contributed by atoms with van der Waals surface area (Å²) in [4.78, 5) is 4.29. The molecule has 0 unspecified atom stereocenters. The third-order valence-corrected chi connectivity index (χ3v) is 2.74. The second-order valence-electron chi connectivity index (χ2n) is 3.91. The number of nitrogens with zero attached hydrogens (tertiary/aromatic N) is 2. The molecule has 0 radical (unpaired) electrons. The number of aromatic nitrogens is 2. The molecule has 0 amide bonds. The summed E-state index contributed by atoms with van der Waals surface area (Å²) in [6.45, 7) is 2.03. The van der Waals surface area contributed by atoms with E-state index in [2.05, 4.69) is 4.98 Å². The van der Waals surface area contributed by atoms with Crippen molar-refractivity contribution in [3.05, 3.63) is 53.6 Å². The van der Waals surface area contributed by atoms with Crippen LogP contribution < -0.4 is 5.49 Å². The molecular formula is C13H11N3. The zero-order valence-electron chi connectivity index (χ0n) is 8.94. The van der Waals surface area contributed by atoms with Crippen molar-refractivity contribution in [3.63, 3.8) is 0 Å². The summed E-state index contributed by atoms with van der Waals surface area (Å²) in [6, 6.07) is 11.9. The number of fused-ring (bicyclic) bond motifs is 3. The predicted molar refractivity (Wildman–Crippen MR) is 63.3 cm³/mol. The lowest BCUT2D eigenvalue weighted by Crippen LogP contribution is -2.10. The van der Waals surface area contributed by atoms with Gasteiger partial charge in [0.15, 0.2) is 5.49 Å². The first-order valence-electron chi connectivity index (χ1n) is 5.18. The Kier molecular flexibility index (Phi) is 1.80. The van der Waals surface area contributed by atoms with Crippen LogP contribution in [0.3, 0.4) is 0 Å². The molecule has 16 heavy (non-hydrogen) atoms. The first-order chi connectivity index (χ1) is 7.75. The predicted octanol–water partition coefficient (Wildman–Crippen LogP) is 2.28. The lowest BCUT2D eigenvalue weighted by atomic mass is 10.2. The van der Waals surface area contributed by atoms with Crippen molar-refractivity contribution in [2.24, 2.45) is 0 Å². The molecule has 0 bridgehead atoms. The molecule has 0 atom stereocenters. The van der Waals surface area contributed by atoms with Crippen LogP contribution in [0.15, 0.2) is 42.6 Å². The monoisotopic (exact) mass is 209 g/mol. The third-order valence-electron chi connectivity index (χ3n) is 2.74. The Labute approximate surface area is 92.5 Å². The average Bonchev–Trinajstić information content (AvgIpc) is 2.29. The number of hydrogen-bond donors (Lipinski definition) is 1. The summed E-state index contributed by atoms with van der Waals surface area (Å²) in [7, 11) is 0. The zero-order valence-corrected chi connectivity index (χ0v) is 8.94. The van der Waals surface area contributed by atoms with Crippen LogP contribution in [0.5, 0.6) is 0 Å². The van der Waals surface area contributed by atoms with Crippen molar-refractivity contribution in [2.45, 2.75) is 6.92 Å². The summed E-state index contributed by atoms with van der Waals surface area (Å²) >= 11 is 0. The molecule has 0 aliphatic heterocycles. The third kappa shape index (κ3) is 1.21. The largest absolute Gasteiger partial charge is 0.301 e. The standard InChI is InChI=1S/C13H11N3/c1-9-6-7-16-11-5-3-2-4-10(11)13(14)15-12(16)8-9/h2-8,14H,1H3. The van der Waals surface area contributed by atoms with Gasteiger partial charge in [-0.1, -0.05) is 12.1 Å². The van der Waals surface area contributed by atoms with Gasteiger partial charge in [-0.2, -0.15) is 0 Å². The molecule has 3 rings (SSSR count). The molecule has 0 spiro atoms. The first-order valence-corrected chi connectivity index (χ1v) is 5.18. The molecule has 0 aliphatic rings. The van der Waals surface area contributed by atoms with Crippen molar-refractivity contribution < 1.29 is 0 Å². The highest BCUT2D eigenvalue weighted by Crippen LogP contribution is 2.12. The number of aryl methyl sites for hydroxylation is 1. The topological polar surface area (TPSA) is 41.2 Å². The van der Waals surface area contributed by atoms with Gasteiger partial charge < -0.3 is 4.40 Å². The van der Waals surface area contributed by atoms with E-state index in [0.717, 1.165) is 22.1 Å². The van der Waals surface area contributed by atoms with Crippen LogP contribution in [-0.2, 0) is 0 Å². The number of nitrogens with one attached hydrogen (secondary N) is 1. The van der Waals surface area contributed by atoms with Crippen LogP contribution in [-0.4, -0.2) is 9.38 Å². The van der Waals surface area contributed by atoms with Gasteiger partial charge in [0.1, 0.15) is 5.65 Å². The van der Waals surface area contributed by atoms with Gasteiger partial charge in [0, 0.05) is 11.6 Å². The van der Waals surface area contributed by atoms with E-state index in [1.165, 1.54) is 0 Å². The van der Waals surface area contributed by atoms with Gasteiger partial charge in [-0.05, 0) is 36.8 Å². The molecule has 0 fully saturated rings. The number of para-hydroxylation sites is 1. The minimum atomic E-state index is 0.334. The Morgan fingerprint density at radius 2 is 2.00 bits per heavy atom. The Bertz CT molecular complexity index is 741. The van der Waals surface area contributed by atoms with Gasteiger partial charge in [-0.15, -0.1) is 0 Å². The highest BCUT2D eigenvalue weighted by molar-refractivity contribution is 5.79. The molecule has 78 valence electrons. The quantitative estimate of drug-likeness (QED) is 0.567. The zero-order chi connectivity index (χ0) is 11.1. The molecule has 2 heterocycles. The van der Waals surface area contributed by atoms with E-state index in [1.807, 2.05) is 53.9 Å². The van der Waals surface area contributed by atoms with Crippen LogP contribution in [0.2, 0.25) is 0 Å². The van der Waals surface area contributed by atoms with Crippen LogP contribution in [0.1, 0.15) is 5.56 Å². The van der Waals surface area contributed by atoms with Gasteiger partial charge in [-0.25, -0.2) is 4.98 Å². The molecular weight excluding hydrogens is 198 g/mol. The maximum atomic E-state index is 7.89. The van der Waals surface area contributed by atoms with Gasteiger partial charge in [-0.3, -0.25) is 5.41 Å². The van der Waals surface area contributed by atoms with Crippen LogP contribution in [0.25, 0.3) is 16.6 Å². The molecule has 2 aromatic heterocycles. The van der Waals surface area contributed by atoms with E-state index in [9.17, 15) is 0 Å². The normalized spacial score (nSPS) is 11.1. The summed E-state index contributed by atoms with van der Waals surface area (Å²) in [5.74, 6) is 0. The van der Waals surface area contributed by atoms with E-state index >= 15 is 0 Å². The first kappa shape index (κ1) is 9.09. The van der Waals surface area contributed by atoms with Crippen LogP contribution in [0.4, 0.5) is 0 Å². The second kappa shape index (κ2) is 3.17. The lowest BCUT2D eigenvalue weighted by Gasteiger charge is -2.06. The second-order valence-corrected chi connectivity index (χ2v) is 3.91. The van der Waals surface area contributed by atoms with E-state index in [0.29, 0.717) is 5.49 Å². The van der Waals surface area contributed by atoms with Gasteiger partial charge in [0.25, 0.3) is 0 Å². The van der Waals surface area contributed by atoms with E-state index in [1.54, 1.807) is 0 Å². The van der Waals surface area contributed by atoms with Crippen molar-refractivity contribution in [2.75, 3.05) is 0 Å². The Morgan fingerprint density at radius 3 is 2.88 bits per heavy atom. The summed E-state index contributed by atoms with van der Waals surface area (Å²) in [6.07, 6.45) is 2.00. The van der Waals surface area contributed by atoms with Crippen molar-refractivity contribution >= 4 is 16.6 Å². The number of pyridine rings is 1. The van der Waals surface area contributed by atoms with E-state index in [4.69, 9.17) is 5.41 Å². The Morgan fingerprint density at radius 1 is 1.19 bits per heavy atom. The van der Waals surface area contributed by atoms with Crippen molar-refractivity contribution in [3.8, 4) is 0 Å². The smallest absolute Gasteiger partial charge is 0.156 e. The molecule has 0 aliphatic carbocycles. The molecule has 3 nitrogen and oxygen atoms in total. The number of benzene rings is 1. The fourth-order valence-electron chi connectivity index (χ4n) is 1.94. The van der Waals surface area contributed by atoms with Crippen LogP contribution in [0, 0.1) is 12.3 Å². The lowest BCUT2D eigenvalue weighted by molar-refractivity contribution is 1.07. The molecule has 0 saturated heterocycles. The van der Waals surface area contributed by atoms with Gasteiger partial charge in [0.2, 0.25) is 0 Å². The number of rotatable bonds is 0.